The van der Waals surface area contributed by atoms with Gasteiger partial charge in [0, 0.05) is 42.0 Å². The topological polar surface area (TPSA) is 75.4 Å². The fourth-order valence-corrected chi connectivity index (χ4v) is 7.19. The number of nitrogens with zero attached hydrogens (tertiary/aromatic N) is 1. The van der Waals surface area contributed by atoms with Gasteiger partial charge in [-0.1, -0.05) is 24.3 Å². The largest absolute Gasteiger partial charge is 0.397 e. The zero-order valence-corrected chi connectivity index (χ0v) is 18.7. The molecule has 2 aromatic carbocycles. The molecule has 0 spiro atoms. The molecule has 5 nitrogen and oxygen atoms in total. The number of carbonyl (C=O) groups excluding carboxylic acids is 1. The zero-order chi connectivity index (χ0) is 21.1. The Labute approximate surface area is 181 Å². The minimum atomic E-state index is -2.16. The van der Waals surface area contributed by atoms with Crippen LogP contribution in [0.5, 0.6) is 0 Å². The number of carbonyl (C=O) groups is 1. The Bertz CT molecular complexity index is 1070. The molecule has 2 heterocycles. The van der Waals surface area contributed by atoms with Gasteiger partial charge in [0.2, 0.25) is 0 Å². The molecule has 0 radical (unpaired) electrons. The van der Waals surface area contributed by atoms with E-state index in [1.54, 1.807) is 23.5 Å². The summed E-state index contributed by atoms with van der Waals surface area (Å²) in [5, 5.41) is 4.94. The number of hydrogen-bond donors (Lipinski definition) is 2. The third-order valence-corrected chi connectivity index (χ3v) is 9.46. The summed E-state index contributed by atoms with van der Waals surface area (Å²) in [6.07, 6.45) is 2.15. The lowest BCUT2D eigenvalue weighted by Crippen LogP contribution is -2.31. The lowest BCUT2D eigenvalue weighted by molar-refractivity contribution is 0.102. The van der Waals surface area contributed by atoms with E-state index in [1.807, 2.05) is 47.8 Å². The summed E-state index contributed by atoms with van der Waals surface area (Å²) in [6, 6.07) is 17.1. The summed E-state index contributed by atoms with van der Waals surface area (Å²) in [6.45, 7) is 1.79. The molecule has 4 rings (SSSR count). The van der Waals surface area contributed by atoms with E-state index in [2.05, 4.69) is 17.3 Å². The molecule has 0 saturated carbocycles. The monoisotopic (exact) mass is 439 g/mol. The lowest BCUT2D eigenvalue weighted by Gasteiger charge is -2.29. The highest BCUT2D eigenvalue weighted by atomic mass is 32.1. The first-order valence-electron chi connectivity index (χ1n) is 10.0. The fraction of sp³-hybridized carbons (Fsp3) is 0.261. The van der Waals surface area contributed by atoms with Crippen LogP contribution in [-0.2, 0) is 10.7 Å². The second-order valence-electron chi connectivity index (χ2n) is 7.90. The van der Waals surface area contributed by atoms with E-state index in [4.69, 9.17) is 5.73 Å². The number of benzene rings is 2. The smallest absolute Gasteiger partial charge is 0.255 e. The first-order valence-corrected chi connectivity index (χ1v) is 13.2. The SMILES string of the molecule is CN1CCP(=O)(Cc2ccc(C(=O)Nc3cc(-c4cccs4)ccc3N)cc2)CC1. The first-order chi connectivity index (χ1) is 14.4. The second-order valence-corrected chi connectivity index (χ2v) is 12.2. The highest BCUT2D eigenvalue weighted by Crippen LogP contribution is 2.50. The molecule has 1 fully saturated rings. The number of rotatable bonds is 5. The second kappa shape index (κ2) is 8.76. The van der Waals surface area contributed by atoms with Crippen LogP contribution in [0.2, 0.25) is 0 Å². The normalized spacial score (nSPS) is 16.3. The van der Waals surface area contributed by atoms with Crippen LogP contribution < -0.4 is 11.1 Å². The maximum atomic E-state index is 13.1. The Morgan fingerprint density at radius 1 is 1.13 bits per heavy atom. The van der Waals surface area contributed by atoms with Crippen LogP contribution in [0.25, 0.3) is 10.4 Å². The minimum absolute atomic E-state index is 0.206. The van der Waals surface area contributed by atoms with Crippen molar-refractivity contribution in [1.29, 1.82) is 0 Å². The van der Waals surface area contributed by atoms with Crippen LogP contribution in [-0.4, -0.2) is 43.3 Å². The van der Waals surface area contributed by atoms with Crippen molar-refractivity contribution < 1.29 is 9.36 Å². The van der Waals surface area contributed by atoms with Crippen LogP contribution in [0.15, 0.2) is 60.0 Å². The average Bonchev–Trinajstić information content (AvgIpc) is 3.27. The van der Waals surface area contributed by atoms with Gasteiger partial charge in [-0.15, -0.1) is 11.3 Å². The van der Waals surface area contributed by atoms with Crippen molar-refractivity contribution >= 4 is 35.8 Å². The molecular weight excluding hydrogens is 413 g/mol. The predicted molar refractivity (Wildman–Crippen MR) is 127 cm³/mol. The number of nitrogens with one attached hydrogen (secondary N) is 1. The molecule has 0 aliphatic carbocycles. The first kappa shape index (κ1) is 20.9. The highest BCUT2D eigenvalue weighted by molar-refractivity contribution is 7.63. The summed E-state index contributed by atoms with van der Waals surface area (Å²) in [4.78, 5) is 16.1. The van der Waals surface area contributed by atoms with Gasteiger partial charge in [-0.05, 0) is 53.9 Å². The maximum Gasteiger partial charge on any atom is 0.255 e. The summed E-state index contributed by atoms with van der Waals surface area (Å²) in [5.74, 6) is -0.206. The fourth-order valence-electron chi connectivity index (χ4n) is 3.64. The van der Waals surface area contributed by atoms with Gasteiger partial charge in [-0.3, -0.25) is 4.79 Å². The molecule has 1 aromatic heterocycles. The zero-order valence-electron chi connectivity index (χ0n) is 17.0. The van der Waals surface area contributed by atoms with Crippen molar-refractivity contribution in [2.75, 3.05) is 43.5 Å². The van der Waals surface area contributed by atoms with Crippen molar-refractivity contribution in [3.05, 3.63) is 71.1 Å². The van der Waals surface area contributed by atoms with E-state index >= 15 is 0 Å². The number of nitrogens with two attached hydrogens (primary N) is 1. The van der Waals surface area contributed by atoms with Crippen molar-refractivity contribution in [2.45, 2.75) is 6.16 Å². The quantitative estimate of drug-likeness (QED) is 0.431. The number of amides is 1. The molecular formula is C23H26N3O2PS. The van der Waals surface area contributed by atoms with Gasteiger partial charge >= 0.3 is 0 Å². The van der Waals surface area contributed by atoms with Crippen LogP contribution in [0.1, 0.15) is 15.9 Å². The number of nitrogen functional groups attached to an aromatic ring is 1. The van der Waals surface area contributed by atoms with E-state index in [1.165, 1.54) is 0 Å². The number of thiophene rings is 1. The molecule has 3 N–H and O–H groups in total. The minimum Gasteiger partial charge on any atom is -0.397 e. The predicted octanol–water partition coefficient (Wildman–Crippen LogP) is 5.06. The Morgan fingerprint density at radius 3 is 2.53 bits per heavy atom. The third kappa shape index (κ3) is 4.84. The lowest BCUT2D eigenvalue weighted by atomic mass is 10.1. The Kier molecular flexibility index (Phi) is 6.09. The van der Waals surface area contributed by atoms with Gasteiger partial charge in [-0.25, -0.2) is 0 Å². The van der Waals surface area contributed by atoms with Crippen molar-refractivity contribution in [3.8, 4) is 10.4 Å². The van der Waals surface area contributed by atoms with Crippen LogP contribution >= 0.6 is 18.5 Å². The maximum absolute atomic E-state index is 13.1. The van der Waals surface area contributed by atoms with E-state index in [-0.39, 0.29) is 5.91 Å². The van der Waals surface area contributed by atoms with Gasteiger partial charge in [-0.2, -0.15) is 0 Å². The molecule has 1 saturated heterocycles. The molecule has 7 heteroatoms. The summed E-state index contributed by atoms with van der Waals surface area (Å²) < 4.78 is 13.1. The molecule has 0 unspecified atom stereocenters. The Hall–Kier alpha value is -2.40. The van der Waals surface area contributed by atoms with E-state index < -0.39 is 7.14 Å². The van der Waals surface area contributed by atoms with Gasteiger partial charge in [0.05, 0.1) is 18.5 Å². The molecule has 3 aromatic rings. The van der Waals surface area contributed by atoms with E-state index in [9.17, 15) is 9.36 Å². The molecule has 1 amide bonds. The van der Waals surface area contributed by atoms with Gasteiger partial charge in [0.25, 0.3) is 5.91 Å². The average molecular weight is 440 g/mol. The summed E-state index contributed by atoms with van der Waals surface area (Å²) in [5.41, 5.74) is 9.81. The standard InChI is InChI=1S/C23H26N3O2PS/c1-26-10-12-29(28,13-11-26)16-17-4-6-18(7-5-17)23(27)25-21-15-19(8-9-20(21)24)22-3-2-14-30-22/h2-9,14-15H,10-13,16,24H2,1H3,(H,25,27). The number of anilines is 2. The van der Waals surface area contributed by atoms with Gasteiger partial charge in [0.1, 0.15) is 0 Å². The molecule has 30 heavy (non-hydrogen) atoms. The molecule has 0 bridgehead atoms. The molecule has 1 aliphatic heterocycles. The van der Waals surface area contributed by atoms with Crippen molar-refractivity contribution in [2.24, 2.45) is 0 Å². The summed E-state index contributed by atoms with van der Waals surface area (Å²) >= 11 is 1.64. The molecule has 156 valence electrons. The van der Waals surface area contributed by atoms with Gasteiger partial charge < -0.3 is 20.5 Å². The third-order valence-electron chi connectivity index (χ3n) is 5.57. The highest BCUT2D eigenvalue weighted by Gasteiger charge is 2.27. The van der Waals surface area contributed by atoms with E-state index in [0.717, 1.165) is 41.4 Å². The van der Waals surface area contributed by atoms with Crippen LogP contribution in [0.3, 0.4) is 0 Å². The Balaban J connectivity index is 1.44. The van der Waals surface area contributed by atoms with Crippen LogP contribution in [0, 0.1) is 0 Å². The number of hydrogen-bond acceptors (Lipinski definition) is 5. The van der Waals surface area contributed by atoms with E-state index in [0.29, 0.717) is 23.1 Å². The molecule has 1 aliphatic rings. The van der Waals surface area contributed by atoms with Crippen molar-refractivity contribution in [1.82, 2.24) is 4.90 Å². The molecule has 0 atom stereocenters. The Morgan fingerprint density at radius 2 is 1.87 bits per heavy atom. The van der Waals surface area contributed by atoms with Crippen LogP contribution in [0.4, 0.5) is 11.4 Å². The van der Waals surface area contributed by atoms with Crippen molar-refractivity contribution in [3.63, 3.8) is 0 Å². The summed E-state index contributed by atoms with van der Waals surface area (Å²) in [7, 11) is -0.0909. The van der Waals surface area contributed by atoms with Gasteiger partial charge in [0.15, 0.2) is 0 Å².